The van der Waals surface area contributed by atoms with Crippen molar-refractivity contribution in [2.75, 3.05) is 24.6 Å². The molecule has 0 spiro atoms. The molecule has 0 aliphatic carbocycles. The van der Waals surface area contributed by atoms with Crippen LogP contribution in [0.5, 0.6) is 5.75 Å². The van der Waals surface area contributed by atoms with Crippen molar-refractivity contribution in [2.45, 2.75) is 4.90 Å². The zero-order valence-corrected chi connectivity index (χ0v) is 13.6. The molecule has 0 aliphatic heterocycles. The summed E-state index contributed by atoms with van der Waals surface area (Å²) in [6.45, 7) is -0.659. The second kappa shape index (κ2) is 7.28. The van der Waals surface area contributed by atoms with Crippen LogP contribution < -0.4 is 9.04 Å². The van der Waals surface area contributed by atoms with E-state index in [0.29, 0.717) is 5.69 Å². The van der Waals surface area contributed by atoms with Gasteiger partial charge in [-0.2, -0.15) is 0 Å². The first kappa shape index (κ1) is 17.7. The van der Waals surface area contributed by atoms with E-state index in [9.17, 15) is 23.6 Å². The maximum Gasteiger partial charge on any atom is 0.293 e. The lowest BCUT2D eigenvalue weighted by Gasteiger charge is -2.23. The fourth-order valence-corrected chi connectivity index (χ4v) is 3.77. The number of ether oxygens (including phenoxy) is 1. The third-order valence-electron chi connectivity index (χ3n) is 3.28. The lowest BCUT2D eigenvalue weighted by Crippen LogP contribution is -2.34. The van der Waals surface area contributed by atoms with Gasteiger partial charge < -0.3 is 9.84 Å². The minimum Gasteiger partial charge on any atom is -0.497 e. The zero-order chi connectivity index (χ0) is 17.7. The largest absolute Gasteiger partial charge is 0.497 e. The number of benzene rings is 2. The molecule has 0 fully saturated rings. The average molecular weight is 352 g/mol. The Morgan fingerprint density at radius 1 is 1.21 bits per heavy atom. The van der Waals surface area contributed by atoms with Crippen LogP contribution in [0, 0.1) is 10.1 Å². The third-order valence-corrected chi connectivity index (χ3v) is 5.15. The van der Waals surface area contributed by atoms with Crippen molar-refractivity contribution in [2.24, 2.45) is 0 Å². The summed E-state index contributed by atoms with van der Waals surface area (Å²) in [5.41, 5.74) is -0.287. The molecule has 2 aromatic rings. The molecule has 0 atom stereocenters. The van der Waals surface area contributed by atoms with Crippen molar-refractivity contribution in [1.82, 2.24) is 0 Å². The summed E-state index contributed by atoms with van der Waals surface area (Å²) in [4.78, 5) is 10.0. The number of sulfonamides is 1. The molecule has 0 saturated carbocycles. The minimum atomic E-state index is -4.24. The van der Waals surface area contributed by atoms with Crippen LogP contribution in [0.4, 0.5) is 11.4 Å². The number of anilines is 1. The van der Waals surface area contributed by atoms with Gasteiger partial charge in [-0.3, -0.25) is 14.4 Å². The number of rotatable bonds is 7. The van der Waals surface area contributed by atoms with Crippen LogP contribution >= 0.6 is 0 Å². The molecule has 0 aliphatic rings. The molecule has 2 rings (SSSR count). The number of nitrogens with zero attached hydrogens (tertiary/aromatic N) is 2. The third kappa shape index (κ3) is 3.47. The van der Waals surface area contributed by atoms with Gasteiger partial charge in [0.2, 0.25) is 0 Å². The van der Waals surface area contributed by atoms with Gasteiger partial charge in [0.15, 0.2) is 4.90 Å². The maximum absolute atomic E-state index is 12.9. The summed E-state index contributed by atoms with van der Waals surface area (Å²) in [6.07, 6.45) is 0. The number of nitro groups is 1. The first-order valence-electron chi connectivity index (χ1n) is 6.93. The first-order chi connectivity index (χ1) is 11.4. The molecule has 0 saturated heterocycles. The van der Waals surface area contributed by atoms with Gasteiger partial charge >= 0.3 is 0 Å². The van der Waals surface area contributed by atoms with Gasteiger partial charge in [-0.1, -0.05) is 18.2 Å². The number of hydrogen-bond donors (Lipinski definition) is 1. The van der Waals surface area contributed by atoms with Gasteiger partial charge in [-0.15, -0.1) is 0 Å². The second-order valence-electron chi connectivity index (χ2n) is 4.73. The molecule has 24 heavy (non-hydrogen) atoms. The number of hydrogen-bond acceptors (Lipinski definition) is 6. The summed E-state index contributed by atoms with van der Waals surface area (Å²) < 4.78 is 31.7. The van der Waals surface area contributed by atoms with Crippen LogP contribution in [0.3, 0.4) is 0 Å². The molecule has 2 aromatic carbocycles. The van der Waals surface area contributed by atoms with Crippen LogP contribution in [-0.4, -0.2) is 38.7 Å². The van der Waals surface area contributed by atoms with Crippen LogP contribution in [0.1, 0.15) is 0 Å². The predicted molar refractivity (Wildman–Crippen MR) is 87.7 cm³/mol. The highest BCUT2D eigenvalue weighted by Gasteiger charge is 2.32. The van der Waals surface area contributed by atoms with Crippen molar-refractivity contribution < 1.29 is 23.2 Å². The molecule has 128 valence electrons. The highest BCUT2D eigenvalue weighted by molar-refractivity contribution is 7.93. The van der Waals surface area contributed by atoms with Crippen molar-refractivity contribution in [1.29, 1.82) is 0 Å². The van der Waals surface area contributed by atoms with Crippen LogP contribution in [0.2, 0.25) is 0 Å². The van der Waals surface area contributed by atoms with Gasteiger partial charge in [0, 0.05) is 0 Å². The van der Waals surface area contributed by atoms with E-state index in [-0.39, 0.29) is 12.3 Å². The Labute approximate surface area is 139 Å². The van der Waals surface area contributed by atoms with Crippen LogP contribution in [0.25, 0.3) is 0 Å². The molecule has 1 N–H and O–H groups in total. The highest BCUT2D eigenvalue weighted by atomic mass is 32.2. The number of aliphatic hydroxyl groups excluding tert-OH is 1. The molecule has 9 heteroatoms. The molecule has 0 aromatic heterocycles. The van der Waals surface area contributed by atoms with E-state index >= 15 is 0 Å². The normalized spacial score (nSPS) is 11.1. The van der Waals surface area contributed by atoms with Gasteiger partial charge in [-0.25, -0.2) is 8.42 Å². The Morgan fingerprint density at radius 2 is 1.88 bits per heavy atom. The molecular formula is C15H16N2O6S. The smallest absolute Gasteiger partial charge is 0.293 e. The molecule has 8 nitrogen and oxygen atoms in total. The fourth-order valence-electron chi connectivity index (χ4n) is 2.18. The lowest BCUT2D eigenvalue weighted by atomic mass is 10.3. The number of methoxy groups -OCH3 is 1. The van der Waals surface area contributed by atoms with Crippen LogP contribution in [0.15, 0.2) is 53.4 Å². The monoisotopic (exact) mass is 352 g/mol. The molecule has 0 radical (unpaired) electrons. The summed E-state index contributed by atoms with van der Waals surface area (Å²) >= 11 is 0. The van der Waals surface area contributed by atoms with Crippen molar-refractivity contribution in [3.05, 3.63) is 58.6 Å². The SMILES string of the molecule is COc1ccc(S(=O)(=O)N(CCO)c2ccccc2)c([N+](=O)[O-])c1. The maximum atomic E-state index is 12.9. The Bertz CT molecular complexity index is 823. The number of para-hydroxylation sites is 1. The van der Waals surface area contributed by atoms with Gasteiger partial charge in [0.25, 0.3) is 15.7 Å². The Balaban J connectivity index is 2.61. The van der Waals surface area contributed by atoms with E-state index < -0.39 is 32.1 Å². The Morgan fingerprint density at radius 3 is 2.42 bits per heavy atom. The van der Waals surface area contributed by atoms with E-state index in [2.05, 4.69) is 0 Å². The van der Waals surface area contributed by atoms with E-state index in [1.807, 2.05) is 0 Å². The number of nitro benzene ring substituents is 1. The first-order valence-corrected chi connectivity index (χ1v) is 8.37. The van der Waals surface area contributed by atoms with Crippen molar-refractivity contribution >= 4 is 21.4 Å². The molecule has 0 bridgehead atoms. The highest BCUT2D eigenvalue weighted by Crippen LogP contribution is 2.32. The molecule has 0 amide bonds. The summed E-state index contributed by atoms with van der Waals surface area (Å²) in [6, 6.07) is 11.6. The van der Waals surface area contributed by atoms with Crippen LogP contribution in [-0.2, 0) is 10.0 Å². The van der Waals surface area contributed by atoms with Gasteiger partial charge in [0.05, 0.1) is 36.9 Å². The van der Waals surface area contributed by atoms with Crippen molar-refractivity contribution in [3.63, 3.8) is 0 Å². The predicted octanol–water partition coefficient (Wildman–Crippen LogP) is 1.79. The molecule has 0 heterocycles. The molecular weight excluding hydrogens is 336 g/mol. The van der Waals surface area contributed by atoms with E-state index in [4.69, 9.17) is 4.74 Å². The Kier molecular flexibility index (Phi) is 5.37. The van der Waals surface area contributed by atoms with E-state index in [1.165, 1.54) is 13.2 Å². The fraction of sp³-hybridized carbons (Fsp3) is 0.200. The van der Waals surface area contributed by atoms with Gasteiger partial charge in [0.1, 0.15) is 5.75 Å². The second-order valence-corrected chi connectivity index (χ2v) is 6.56. The summed E-state index contributed by atoms with van der Waals surface area (Å²) in [7, 11) is -2.91. The summed E-state index contributed by atoms with van der Waals surface area (Å²) in [5.74, 6) is 0.175. The average Bonchev–Trinajstić information content (AvgIpc) is 2.59. The van der Waals surface area contributed by atoms with E-state index in [1.54, 1.807) is 30.3 Å². The Hall–Kier alpha value is -2.65. The minimum absolute atomic E-state index is 0.175. The standard InChI is InChI=1S/C15H16N2O6S/c1-23-13-7-8-15(14(11-13)17(19)20)24(21,22)16(9-10-18)12-5-3-2-4-6-12/h2-8,11,18H,9-10H2,1H3. The topological polar surface area (TPSA) is 110 Å². The van der Waals surface area contributed by atoms with Gasteiger partial charge in [-0.05, 0) is 24.3 Å². The zero-order valence-electron chi connectivity index (χ0n) is 12.8. The molecule has 0 unspecified atom stereocenters. The number of aliphatic hydroxyl groups is 1. The van der Waals surface area contributed by atoms with E-state index in [0.717, 1.165) is 16.4 Å². The lowest BCUT2D eigenvalue weighted by molar-refractivity contribution is -0.387. The van der Waals surface area contributed by atoms with Crippen molar-refractivity contribution in [3.8, 4) is 5.75 Å². The quantitative estimate of drug-likeness (QED) is 0.601. The summed E-state index contributed by atoms with van der Waals surface area (Å²) in [5, 5.41) is 20.5.